The Morgan fingerprint density at radius 2 is 2.19 bits per heavy atom. The lowest BCUT2D eigenvalue weighted by molar-refractivity contribution is 0.102. The van der Waals surface area contributed by atoms with Gasteiger partial charge in [-0.1, -0.05) is 32.1 Å². The van der Waals surface area contributed by atoms with Gasteiger partial charge in [-0.05, 0) is 50.4 Å². The highest BCUT2D eigenvalue weighted by atomic mass is 32.1. The molecule has 8 heteroatoms. The van der Waals surface area contributed by atoms with Gasteiger partial charge in [-0.2, -0.15) is 0 Å². The Balaban J connectivity index is 1.80. The van der Waals surface area contributed by atoms with Gasteiger partial charge in [-0.25, -0.2) is 0 Å². The number of hydrogen-bond donors (Lipinski definition) is 2. The topological polar surface area (TPSA) is 88.9 Å². The first-order valence-corrected chi connectivity index (χ1v) is 10.1. The molecule has 2 aromatic rings. The number of carbonyl (C=O) groups is 1. The van der Waals surface area contributed by atoms with Crippen LogP contribution in [0.3, 0.4) is 0 Å². The molecule has 0 bridgehead atoms. The predicted octanol–water partition coefficient (Wildman–Crippen LogP) is 2.56. The minimum Gasteiger partial charge on any atom is -0.316 e. The van der Waals surface area contributed by atoms with E-state index in [2.05, 4.69) is 20.8 Å². The van der Waals surface area contributed by atoms with E-state index in [9.17, 15) is 9.59 Å². The molecule has 2 N–H and O–H groups in total. The zero-order valence-corrected chi connectivity index (χ0v) is 17.2. The largest absolute Gasteiger partial charge is 0.316 e. The van der Waals surface area contributed by atoms with Crippen LogP contribution in [0.25, 0.3) is 0 Å². The quantitative estimate of drug-likeness (QED) is 0.839. The summed E-state index contributed by atoms with van der Waals surface area (Å²) in [5, 5.41) is 15.5. The number of carbonyl (C=O) groups excluding carboxylic acids is 1. The molecule has 1 unspecified atom stereocenters. The lowest BCUT2D eigenvalue weighted by Crippen LogP contribution is -2.36. The fourth-order valence-electron chi connectivity index (χ4n) is 3.18. The molecule has 1 saturated heterocycles. The van der Waals surface area contributed by atoms with Crippen LogP contribution in [-0.4, -0.2) is 33.8 Å². The molecule has 27 heavy (non-hydrogen) atoms. The first-order valence-electron chi connectivity index (χ1n) is 9.32. The number of piperidine rings is 1. The van der Waals surface area contributed by atoms with E-state index in [-0.39, 0.29) is 16.5 Å². The molecule has 1 atom stereocenters. The van der Waals surface area contributed by atoms with Gasteiger partial charge >= 0.3 is 0 Å². The molecule has 2 aromatic heterocycles. The van der Waals surface area contributed by atoms with Crippen LogP contribution in [0.1, 0.15) is 54.5 Å². The minimum absolute atomic E-state index is 0.135. The van der Waals surface area contributed by atoms with Crippen molar-refractivity contribution in [2.24, 2.45) is 5.92 Å². The molecule has 3 heterocycles. The fourth-order valence-corrected chi connectivity index (χ4v) is 3.98. The van der Waals surface area contributed by atoms with Gasteiger partial charge in [0.15, 0.2) is 0 Å². The summed E-state index contributed by atoms with van der Waals surface area (Å²) in [6.07, 6.45) is 3.99. The highest BCUT2D eigenvalue weighted by molar-refractivity contribution is 7.15. The van der Waals surface area contributed by atoms with E-state index in [0.29, 0.717) is 23.2 Å². The Labute approximate surface area is 163 Å². The number of rotatable bonds is 4. The average Bonchev–Trinajstić information content (AvgIpc) is 3.07. The number of aryl methyl sites for hydroxylation is 1. The summed E-state index contributed by atoms with van der Waals surface area (Å²) in [6, 6.07) is 1.83. The first-order chi connectivity index (χ1) is 12.8. The Morgan fingerprint density at radius 1 is 1.41 bits per heavy atom. The van der Waals surface area contributed by atoms with E-state index < -0.39 is 5.91 Å². The number of pyridine rings is 1. The van der Waals surface area contributed by atoms with Crippen molar-refractivity contribution in [2.75, 3.05) is 18.4 Å². The number of aromatic nitrogens is 3. The van der Waals surface area contributed by atoms with Crippen molar-refractivity contribution in [2.45, 2.75) is 52.5 Å². The van der Waals surface area contributed by atoms with Gasteiger partial charge in [-0.3, -0.25) is 14.9 Å². The van der Waals surface area contributed by atoms with Gasteiger partial charge in [0.25, 0.3) is 11.5 Å². The molecule has 0 spiro atoms. The molecule has 0 aromatic carbocycles. The number of anilines is 1. The van der Waals surface area contributed by atoms with Gasteiger partial charge in [0, 0.05) is 18.2 Å². The monoisotopic (exact) mass is 389 g/mol. The van der Waals surface area contributed by atoms with Gasteiger partial charge in [-0.15, -0.1) is 10.2 Å². The van der Waals surface area contributed by atoms with E-state index in [1.165, 1.54) is 11.3 Å². The molecule has 1 fully saturated rings. The summed E-state index contributed by atoms with van der Waals surface area (Å²) in [6.45, 7) is 10.5. The van der Waals surface area contributed by atoms with Crippen LogP contribution in [0.15, 0.2) is 17.1 Å². The highest BCUT2D eigenvalue weighted by Crippen LogP contribution is 2.27. The Bertz CT molecular complexity index is 875. The SMILES string of the molecule is Cc1ccn(CC2CCCNC2)c(=O)c1C(=O)Nc1nnc(C(C)(C)C)s1. The summed E-state index contributed by atoms with van der Waals surface area (Å²) >= 11 is 1.34. The molecular formula is C19H27N5O2S. The van der Waals surface area contributed by atoms with Gasteiger partial charge in [0.1, 0.15) is 10.6 Å². The lowest BCUT2D eigenvalue weighted by Gasteiger charge is -2.23. The van der Waals surface area contributed by atoms with Gasteiger partial charge < -0.3 is 9.88 Å². The number of amides is 1. The lowest BCUT2D eigenvalue weighted by atomic mass is 9.98. The van der Waals surface area contributed by atoms with Crippen molar-refractivity contribution in [3.05, 3.63) is 38.8 Å². The Morgan fingerprint density at radius 3 is 2.81 bits per heavy atom. The molecule has 146 valence electrons. The Kier molecular flexibility index (Phi) is 5.76. The van der Waals surface area contributed by atoms with Crippen LogP contribution < -0.4 is 16.2 Å². The second-order valence-corrected chi connectivity index (χ2v) is 9.14. The summed E-state index contributed by atoms with van der Waals surface area (Å²) in [7, 11) is 0. The molecule has 0 aliphatic carbocycles. The minimum atomic E-state index is -0.426. The van der Waals surface area contributed by atoms with Crippen molar-refractivity contribution in [1.29, 1.82) is 0 Å². The van der Waals surface area contributed by atoms with Crippen LogP contribution in [0.2, 0.25) is 0 Å². The predicted molar refractivity (Wildman–Crippen MR) is 108 cm³/mol. The zero-order chi connectivity index (χ0) is 19.6. The molecular weight excluding hydrogens is 362 g/mol. The summed E-state index contributed by atoms with van der Waals surface area (Å²) < 4.78 is 1.65. The van der Waals surface area contributed by atoms with Crippen LogP contribution in [0, 0.1) is 12.8 Å². The summed E-state index contributed by atoms with van der Waals surface area (Å²) in [5.74, 6) is -0.0159. The zero-order valence-electron chi connectivity index (χ0n) is 16.3. The maximum Gasteiger partial charge on any atom is 0.263 e. The first kappa shape index (κ1) is 19.7. The van der Waals surface area contributed by atoms with E-state index in [1.807, 2.05) is 26.8 Å². The smallest absolute Gasteiger partial charge is 0.263 e. The second-order valence-electron chi connectivity index (χ2n) is 8.16. The number of hydrogen-bond acceptors (Lipinski definition) is 6. The molecule has 1 aliphatic heterocycles. The Hall–Kier alpha value is -2.06. The fraction of sp³-hybridized carbons (Fsp3) is 0.579. The van der Waals surface area contributed by atoms with Crippen LogP contribution >= 0.6 is 11.3 Å². The molecule has 3 rings (SSSR count). The van der Waals surface area contributed by atoms with Crippen LogP contribution in [-0.2, 0) is 12.0 Å². The third-order valence-corrected chi connectivity index (χ3v) is 6.01. The molecule has 0 saturated carbocycles. The van der Waals surface area contributed by atoms with Crippen LogP contribution in [0.5, 0.6) is 0 Å². The third kappa shape index (κ3) is 4.62. The van der Waals surface area contributed by atoms with Crippen LogP contribution in [0.4, 0.5) is 5.13 Å². The molecule has 0 radical (unpaired) electrons. The number of nitrogens with zero attached hydrogens (tertiary/aromatic N) is 3. The van der Waals surface area contributed by atoms with E-state index in [4.69, 9.17) is 0 Å². The summed E-state index contributed by atoms with van der Waals surface area (Å²) in [5.41, 5.74) is 0.452. The number of nitrogens with one attached hydrogen (secondary N) is 2. The maximum absolute atomic E-state index is 12.9. The molecule has 1 aliphatic rings. The van der Waals surface area contributed by atoms with Gasteiger partial charge in [0.2, 0.25) is 5.13 Å². The average molecular weight is 390 g/mol. The standard InChI is InChI=1S/C19H27N5O2S/c1-12-7-9-24(11-13-6-5-8-20-10-13)16(26)14(12)15(25)21-18-23-22-17(27-18)19(2,3)4/h7,9,13,20H,5-6,8,10-11H2,1-4H3,(H,21,23,25). The van der Waals surface area contributed by atoms with Gasteiger partial charge in [0.05, 0.1) is 0 Å². The van der Waals surface area contributed by atoms with E-state index in [1.54, 1.807) is 17.7 Å². The molecule has 7 nitrogen and oxygen atoms in total. The van der Waals surface area contributed by atoms with Crippen molar-refractivity contribution in [1.82, 2.24) is 20.1 Å². The van der Waals surface area contributed by atoms with Crippen molar-refractivity contribution < 1.29 is 4.79 Å². The van der Waals surface area contributed by atoms with E-state index in [0.717, 1.165) is 30.9 Å². The highest BCUT2D eigenvalue weighted by Gasteiger charge is 2.22. The maximum atomic E-state index is 12.9. The third-order valence-electron chi connectivity index (χ3n) is 4.74. The van der Waals surface area contributed by atoms with Crippen molar-refractivity contribution >= 4 is 22.4 Å². The van der Waals surface area contributed by atoms with Crippen molar-refractivity contribution in [3.63, 3.8) is 0 Å². The molecule has 1 amide bonds. The summed E-state index contributed by atoms with van der Waals surface area (Å²) in [4.78, 5) is 25.7. The van der Waals surface area contributed by atoms with E-state index >= 15 is 0 Å². The second kappa shape index (κ2) is 7.90. The normalized spacial score (nSPS) is 17.7. The van der Waals surface area contributed by atoms with Crippen molar-refractivity contribution in [3.8, 4) is 0 Å².